The fourth-order valence-electron chi connectivity index (χ4n) is 2.22. The summed E-state index contributed by atoms with van der Waals surface area (Å²) >= 11 is 11.5. The Morgan fingerprint density at radius 1 is 1.44 bits per heavy atom. The van der Waals surface area contributed by atoms with Crippen molar-refractivity contribution in [1.29, 1.82) is 0 Å². The van der Waals surface area contributed by atoms with Crippen LogP contribution in [0.4, 0.5) is 4.39 Å². The van der Waals surface area contributed by atoms with Crippen LogP contribution in [0.1, 0.15) is 29.6 Å². The topological polar surface area (TPSA) is 20.3 Å². The van der Waals surface area contributed by atoms with E-state index in [1.54, 1.807) is 11.0 Å². The lowest BCUT2D eigenvalue weighted by molar-refractivity contribution is 0.0638. The Hall–Kier alpha value is -0.800. The highest BCUT2D eigenvalue weighted by molar-refractivity contribution is 6.30. The number of likely N-dealkylation sites (tertiary alicyclic amines) is 1. The first kappa shape index (κ1) is 13.6. The minimum atomic E-state index is -0.568. The summed E-state index contributed by atoms with van der Waals surface area (Å²) in [4.78, 5) is 14.0. The number of piperidine rings is 1. The van der Waals surface area contributed by atoms with E-state index in [1.807, 2.05) is 0 Å². The van der Waals surface area contributed by atoms with Crippen LogP contribution in [0.5, 0.6) is 0 Å². The van der Waals surface area contributed by atoms with Crippen LogP contribution in [0.15, 0.2) is 18.2 Å². The third kappa shape index (κ3) is 2.78. The van der Waals surface area contributed by atoms with E-state index in [1.165, 1.54) is 12.1 Å². The first-order valence-corrected chi connectivity index (χ1v) is 6.86. The molecule has 0 N–H and O–H groups in total. The fraction of sp³-hybridized carbons (Fsp3) is 0.462. The van der Waals surface area contributed by atoms with Gasteiger partial charge in [0.2, 0.25) is 0 Å². The van der Waals surface area contributed by atoms with Crippen molar-refractivity contribution in [2.45, 2.75) is 25.3 Å². The van der Waals surface area contributed by atoms with Crippen molar-refractivity contribution in [3.05, 3.63) is 34.6 Å². The lowest BCUT2D eigenvalue weighted by atomic mass is 10.0. The molecule has 1 fully saturated rings. The first-order valence-electron chi connectivity index (χ1n) is 5.95. The molecule has 1 heterocycles. The van der Waals surface area contributed by atoms with Gasteiger partial charge in [0.1, 0.15) is 5.82 Å². The van der Waals surface area contributed by atoms with Gasteiger partial charge in [-0.05, 0) is 37.5 Å². The molecule has 1 aromatic carbocycles. The van der Waals surface area contributed by atoms with E-state index in [-0.39, 0.29) is 17.0 Å². The summed E-state index contributed by atoms with van der Waals surface area (Å²) in [5.74, 6) is -0.320. The van der Waals surface area contributed by atoms with Crippen LogP contribution >= 0.6 is 23.2 Å². The molecule has 0 aromatic heterocycles. The smallest absolute Gasteiger partial charge is 0.254 e. The van der Waals surface area contributed by atoms with E-state index in [2.05, 4.69) is 0 Å². The Labute approximate surface area is 116 Å². The van der Waals surface area contributed by atoms with Gasteiger partial charge in [-0.15, -0.1) is 11.6 Å². The minimum Gasteiger partial charge on any atom is -0.334 e. The molecule has 0 bridgehead atoms. The monoisotopic (exact) mass is 289 g/mol. The van der Waals surface area contributed by atoms with Gasteiger partial charge in [0.25, 0.3) is 5.91 Å². The highest BCUT2D eigenvalue weighted by atomic mass is 35.5. The van der Waals surface area contributed by atoms with Crippen LogP contribution in [-0.4, -0.2) is 29.3 Å². The average Bonchev–Trinajstić information content (AvgIpc) is 2.41. The molecule has 0 saturated carbocycles. The predicted molar refractivity (Wildman–Crippen MR) is 70.8 cm³/mol. The fourth-order valence-corrected chi connectivity index (χ4v) is 2.66. The molecule has 1 aromatic rings. The lowest BCUT2D eigenvalue weighted by Crippen LogP contribution is -2.44. The summed E-state index contributed by atoms with van der Waals surface area (Å²) in [6, 6.07) is 4.19. The number of alkyl halides is 1. The molecule has 2 nitrogen and oxygen atoms in total. The van der Waals surface area contributed by atoms with Gasteiger partial charge in [0.15, 0.2) is 0 Å². The molecular formula is C13H14Cl2FNO. The largest absolute Gasteiger partial charge is 0.334 e. The van der Waals surface area contributed by atoms with Gasteiger partial charge in [-0.3, -0.25) is 4.79 Å². The zero-order chi connectivity index (χ0) is 13.1. The quantitative estimate of drug-likeness (QED) is 0.760. The minimum absolute atomic E-state index is 0.0269. The van der Waals surface area contributed by atoms with Gasteiger partial charge >= 0.3 is 0 Å². The first-order chi connectivity index (χ1) is 8.63. The lowest BCUT2D eigenvalue weighted by Gasteiger charge is -2.34. The zero-order valence-electron chi connectivity index (χ0n) is 9.83. The maximum atomic E-state index is 13.4. The molecule has 98 valence electrons. The Bertz CT molecular complexity index is 453. The van der Waals surface area contributed by atoms with E-state index < -0.39 is 5.82 Å². The third-order valence-corrected chi connectivity index (χ3v) is 3.90. The number of benzene rings is 1. The molecule has 1 saturated heterocycles. The van der Waals surface area contributed by atoms with Crippen molar-refractivity contribution >= 4 is 29.1 Å². The molecule has 2 rings (SSSR count). The molecule has 0 aliphatic carbocycles. The molecular weight excluding hydrogens is 276 g/mol. The second kappa shape index (κ2) is 5.89. The standard InChI is InChI=1S/C13H14Cl2FNO/c14-8-10-3-1-2-6-17(10)13(18)9-4-5-11(15)12(16)7-9/h4-5,7,10H,1-3,6,8H2. The number of halogens is 3. The Morgan fingerprint density at radius 2 is 2.22 bits per heavy atom. The second-order valence-corrected chi connectivity index (χ2v) is 5.15. The van der Waals surface area contributed by atoms with Crippen molar-refractivity contribution in [2.24, 2.45) is 0 Å². The van der Waals surface area contributed by atoms with Crippen LogP contribution in [0.3, 0.4) is 0 Å². The van der Waals surface area contributed by atoms with Crippen molar-refractivity contribution < 1.29 is 9.18 Å². The normalized spacial score (nSPS) is 19.9. The summed E-state index contributed by atoms with van der Waals surface area (Å²) in [5.41, 5.74) is 0.328. The van der Waals surface area contributed by atoms with Gasteiger partial charge in [-0.25, -0.2) is 4.39 Å². The zero-order valence-corrected chi connectivity index (χ0v) is 11.3. The van der Waals surface area contributed by atoms with Crippen LogP contribution in [0.2, 0.25) is 5.02 Å². The molecule has 18 heavy (non-hydrogen) atoms. The van der Waals surface area contributed by atoms with E-state index in [0.29, 0.717) is 18.0 Å². The van der Waals surface area contributed by atoms with Crippen molar-refractivity contribution in [2.75, 3.05) is 12.4 Å². The van der Waals surface area contributed by atoms with Crippen LogP contribution in [-0.2, 0) is 0 Å². The molecule has 1 aliphatic heterocycles. The third-order valence-electron chi connectivity index (χ3n) is 3.23. The van der Waals surface area contributed by atoms with E-state index in [0.717, 1.165) is 19.3 Å². The maximum Gasteiger partial charge on any atom is 0.254 e. The molecule has 5 heteroatoms. The number of nitrogens with zero attached hydrogens (tertiary/aromatic N) is 1. The van der Waals surface area contributed by atoms with Crippen LogP contribution < -0.4 is 0 Å². The van der Waals surface area contributed by atoms with Gasteiger partial charge in [0.05, 0.1) is 5.02 Å². The van der Waals surface area contributed by atoms with Gasteiger partial charge in [0, 0.05) is 24.0 Å². The maximum absolute atomic E-state index is 13.4. The van der Waals surface area contributed by atoms with Crippen molar-refractivity contribution in [3.63, 3.8) is 0 Å². The van der Waals surface area contributed by atoms with E-state index >= 15 is 0 Å². The Kier molecular flexibility index (Phi) is 4.46. The number of hydrogen-bond acceptors (Lipinski definition) is 1. The summed E-state index contributed by atoms with van der Waals surface area (Å²) in [7, 11) is 0. The number of rotatable bonds is 2. The molecule has 0 spiro atoms. The van der Waals surface area contributed by atoms with Gasteiger partial charge < -0.3 is 4.90 Å². The van der Waals surface area contributed by atoms with Crippen LogP contribution in [0.25, 0.3) is 0 Å². The molecule has 1 amide bonds. The van der Waals surface area contributed by atoms with Crippen molar-refractivity contribution in [3.8, 4) is 0 Å². The molecule has 1 unspecified atom stereocenters. The van der Waals surface area contributed by atoms with E-state index in [4.69, 9.17) is 23.2 Å². The van der Waals surface area contributed by atoms with Crippen molar-refractivity contribution in [1.82, 2.24) is 4.90 Å². The van der Waals surface area contributed by atoms with Gasteiger partial charge in [-0.2, -0.15) is 0 Å². The van der Waals surface area contributed by atoms with Gasteiger partial charge in [-0.1, -0.05) is 11.6 Å². The average molecular weight is 290 g/mol. The number of hydrogen-bond donors (Lipinski definition) is 0. The summed E-state index contributed by atoms with van der Waals surface area (Å²) in [6.07, 6.45) is 2.96. The summed E-state index contributed by atoms with van der Waals surface area (Å²) in [5, 5.41) is 0.0269. The number of carbonyl (C=O) groups excluding carboxylic acids is 1. The molecule has 1 aliphatic rings. The SMILES string of the molecule is O=C(c1ccc(Cl)c(F)c1)N1CCCCC1CCl. The highest BCUT2D eigenvalue weighted by Gasteiger charge is 2.27. The molecule has 1 atom stereocenters. The Balaban J connectivity index is 2.21. The Morgan fingerprint density at radius 3 is 2.89 bits per heavy atom. The molecule has 0 radical (unpaired) electrons. The summed E-state index contributed by atoms with van der Waals surface area (Å²) in [6.45, 7) is 0.681. The van der Waals surface area contributed by atoms with Crippen LogP contribution in [0, 0.1) is 5.82 Å². The number of amides is 1. The summed E-state index contributed by atoms with van der Waals surface area (Å²) < 4.78 is 13.4. The second-order valence-electron chi connectivity index (χ2n) is 4.43. The van der Waals surface area contributed by atoms with E-state index in [9.17, 15) is 9.18 Å². The predicted octanol–water partition coefficient (Wildman–Crippen LogP) is 3.71. The highest BCUT2D eigenvalue weighted by Crippen LogP contribution is 2.22. The number of carbonyl (C=O) groups is 1.